The van der Waals surface area contributed by atoms with Crippen LogP contribution in [0.25, 0.3) is 0 Å². The SMILES string of the molecule is C=C(C)C.CCC(C)=O.CCCC(C)c1cn(CCOCCOCCNC(C)C)nn1. The van der Waals surface area contributed by atoms with Crippen LogP contribution in [0.1, 0.15) is 86.3 Å². The molecule has 7 heteroatoms. The van der Waals surface area contributed by atoms with Gasteiger partial charge in [-0.2, -0.15) is 0 Å². The zero-order chi connectivity index (χ0) is 24.1. The summed E-state index contributed by atoms with van der Waals surface area (Å²) in [5.74, 6) is 0.734. The summed E-state index contributed by atoms with van der Waals surface area (Å²) in [5.41, 5.74) is 2.24. The Balaban J connectivity index is 0. The summed E-state index contributed by atoms with van der Waals surface area (Å²) >= 11 is 0. The van der Waals surface area contributed by atoms with Crippen molar-refractivity contribution in [2.75, 3.05) is 33.0 Å². The van der Waals surface area contributed by atoms with Crippen LogP contribution in [-0.2, 0) is 20.8 Å². The average Bonchev–Trinajstić information content (AvgIpc) is 3.15. The number of carbonyl (C=O) groups excluding carboxylic acids is 1. The first kappa shape index (κ1) is 31.6. The highest BCUT2D eigenvalue weighted by Gasteiger charge is 2.08. The van der Waals surface area contributed by atoms with Crippen molar-refractivity contribution in [1.82, 2.24) is 20.3 Å². The number of allylic oxidation sites excluding steroid dienone is 1. The Morgan fingerprint density at radius 2 is 1.65 bits per heavy atom. The molecule has 1 aromatic heterocycles. The summed E-state index contributed by atoms with van der Waals surface area (Å²) in [7, 11) is 0. The number of nitrogens with one attached hydrogen (secondary N) is 1. The molecule has 0 fully saturated rings. The molecular formula is C24H48N4O3. The summed E-state index contributed by atoms with van der Waals surface area (Å²) in [6, 6.07) is 0.507. The second-order valence-corrected chi connectivity index (χ2v) is 8.19. The molecule has 0 aliphatic carbocycles. The van der Waals surface area contributed by atoms with E-state index >= 15 is 0 Å². The molecule has 0 spiro atoms. The Labute approximate surface area is 191 Å². The van der Waals surface area contributed by atoms with Gasteiger partial charge >= 0.3 is 0 Å². The summed E-state index contributed by atoms with van der Waals surface area (Å²) in [6.45, 7) is 23.8. The van der Waals surface area contributed by atoms with Gasteiger partial charge in [0.05, 0.1) is 38.7 Å². The third kappa shape index (κ3) is 24.6. The molecule has 7 nitrogen and oxygen atoms in total. The molecule has 1 rings (SSSR count). The Hall–Kier alpha value is -1.57. The van der Waals surface area contributed by atoms with E-state index < -0.39 is 0 Å². The fraction of sp³-hybridized carbons (Fsp3) is 0.792. The van der Waals surface area contributed by atoms with Gasteiger partial charge in [0.25, 0.3) is 0 Å². The van der Waals surface area contributed by atoms with E-state index in [0.717, 1.165) is 31.8 Å². The Morgan fingerprint density at radius 1 is 1.10 bits per heavy atom. The molecule has 0 aliphatic rings. The van der Waals surface area contributed by atoms with Crippen molar-refractivity contribution < 1.29 is 14.3 Å². The summed E-state index contributed by atoms with van der Waals surface area (Å²) in [6.07, 6.45) is 5.01. The van der Waals surface area contributed by atoms with Crippen LogP contribution in [0.15, 0.2) is 18.3 Å². The van der Waals surface area contributed by atoms with E-state index in [9.17, 15) is 4.79 Å². The van der Waals surface area contributed by atoms with Crippen LogP contribution in [0.2, 0.25) is 0 Å². The van der Waals surface area contributed by atoms with E-state index in [-0.39, 0.29) is 5.78 Å². The first-order chi connectivity index (χ1) is 14.6. The van der Waals surface area contributed by atoms with Crippen LogP contribution >= 0.6 is 0 Å². The minimum atomic E-state index is 0.255. The number of carbonyl (C=O) groups is 1. The summed E-state index contributed by atoms with van der Waals surface area (Å²) in [5, 5.41) is 11.7. The van der Waals surface area contributed by atoms with Crippen LogP contribution in [-0.4, -0.2) is 59.8 Å². The smallest absolute Gasteiger partial charge is 0.129 e. The standard InChI is InChI=1S/C16H32N4O2.C4H8O.C4H8/c1-5-6-15(4)16-13-20(19-18-16)8-10-22-12-11-21-9-7-17-14(2)3;1-3-4(2)5;1-4(2)3/h13-15,17H,5-12H2,1-4H3;3H2,1-2H3;1H2,2-3H3. The first-order valence-electron chi connectivity index (χ1n) is 11.5. The minimum absolute atomic E-state index is 0.255. The Bertz CT molecular complexity index is 555. The van der Waals surface area contributed by atoms with Crippen molar-refractivity contribution in [3.05, 3.63) is 24.0 Å². The number of aromatic nitrogens is 3. The summed E-state index contributed by atoms with van der Waals surface area (Å²) < 4.78 is 12.9. The van der Waals surface area contributed by atoms with Gasteiger partial charge in [0.2, 0.25) is 0 Å². The molecule has 0 radical (unpaired) electrons. The number of ketones is 1. The molecule has 0 bridgehead atoms. The number of nitrogens with zero attached hydrogens (tertiary/aromatic N) is 3. The van der Waals surface area contributed by atoms with Crippen LogP contribution in [0.4, 0.5) is 0 Å². The van der Waals surface area contributed by atoms with Gasteiger partial charge in [-0.15, -0.1) is 11.7 Å². The maximum absolute atomic E-state index is 9.81. The molecule has 182 valence electrons. The quantitative estimate of drug-likeness (QED) is 0.331. The first-order valence-corrected chi connectivity index (χ1v) is 11.5. The second-order valence-electron chi connectivity index (χ2n) is 8.19. The van der Waals surface area contributed by atoms with Crippen molar-refractivity contribution in [2.45, 2.75) is 93.2 Å². The highest BCUT2D eigenvalue weighted by atomic mass is 16.5. The van der Waals surface area contributed by atoms with Gasteiger partial charge in [-0.3, -0.25) is 0 Å². The van der Waals surface area contributed by atoms with E-state index in [2.05, 4.69) is 49.9 Å². The van der Waals surface area contributed by atoms with Crippen LogP contribution in [0.5, 0.6) is 0 Å². The number of Topliss-reactive ketones (excluding diaryl/α,β-unsaturated/α-hetero) is 1. The van der Waals surface area contributed by atoms with Crippen LogP contribution in [0, 0.1) is 0 Å². The molecule has 1 aromatic rings. The molecule has 0 amide bonds. The van der Waals surface area contributed by atoms with E-state index in [0.29, 0.717) is 38.2 Å². The molecule has 0 aliphatic heterocycles. The second kappa shape index (κ2) is 21.7. The van der Waals surface area contributed by atoms with E-state index in [1.54, 1.807) is 6.92 Å². The van der Waals surface area contributed by atoms with E-state index in [1.165, 1.54) is 12.0 Å². The maximum Gasteiger partial charge on any atom is 0.129 e. The van der Waals surface area contributed by atoms with Crippen LogP contribution in [0.3, 0.4) is 0 Å². The number of hydrogen-bond donors (Lipinski definition) is 1. The molecule has 1 N–H and O–H groups in total. The molecule has 1 atom stereocenters. The van der Waals surface area contributed by atoms with Gasteiger partial charge in [-0.25, -0.2) is 4.68 Å². The van der Waals surface area contributed by atoms with Crippen molar-refractivity contribution in [3.63, 3.8) is 0 Å². The predicted octanol–water partition coefficient (Wildman–Crippen LogP) is 4.78. The van der Waals surface area contributed by atoms with Gasteiger partial charge < -0.3 is 19.6 Å². The van der Waals surface area contributed by atoms with Gasteiger partial charge in [0, 0.05) is 31.1 Å². The molecule has 1 unspecified atom stereocenters. The van der Waals surface area contributed by atoms with E-state index in [4.69, 9.17) is 9.47 Å². The zero-order valence-corrected chi connectivity index (χ0v) is 21.4. The van der Waals surface area contributed by atoms with E-state index in [1.807, 2.05) is 31.6 Å². The normalized spacial score (nSPS) is 11.3. The van der Waals surface area contributed by atoms with Crippen LogP contribution < -0.4 is 5.32 Å². The minimum Gasteiger partial charge on any atom is -0.378 e. The predicted molar refractivity (Wildman–Crippen MR) is 130 cm³/mol. The molecule has 0 saturated carbocycles. The highest BCUT2D eigenvalue weighted by molar-refractivity contribution is 5.74. The molecule has 1 heterocycles. The summed E-state index contributed by atoms with van der Waals surface area (Å²) in [4.78, 5) is 9.81. The topological polar surface area (TPSA) is 78.3 Å². The Kier molecular flexibility index (Phi) is 22.1. The number of ether oxygens (including phenoxy) is 2. The largest absolute Gasteiger partial charge is 0.378 e. The molecule has 0 aromatic carbocycles. The van der Waals surface area contributed by atoms with Gasteiger partial charge in [-0.1, -0.05) is 51.8 Å². The van der Waals surface area contributed by atoms with Gasteiger partial charge in [0.1, 0.15) is 5.78 Å². The average molecular weight is 441 g/mol. The van der Waals surface area contributed by atoms with Gasteiger partial charge in [-0.05, 0) is 27.2 Å². The lowest BCUT2D eigenvalue weighted by molar-refractivity contribution is -0.116. The number of hydrogen-bond acceptors (Lipinski definition) is 6. The van der Waals surface area contributed by atoms with Gasteiger partial charge in [0.15, 0.2) is 0 Å². The lowest BCUT2D eigenvalue weighted by atomic mass is 10.0. The van der Waals surface area contributed by atoms with Crippen molar-refractivity contribution in [2.24, 2.45) is 0 Å². The molecular weight excluding hydrogens is 392 g/mol. The zero-order valence-electron chi connectivity index (χ0n) is 21.4. The number of rotatable bonds is 14. The van der Waals surface area contributed by atoms with Crippen molar-refractivity contribution in [1.29, 1.82) is 0 Å². The highest BCUT2D eigenvalue weighted by Crippen LogP contribution is 2.17. The maximum atomic E-state index is 9.81. The molecule has 31 heavy (non-hydrogen) atoms. The lowest BCUT2D eigenvalue weighted by Gasteiger charge is -2.09. The monoisotopic (exact) mass is 440 g/mol. The van der Waals surface area contributed by atoms with Crippen molar-refractivity contribution in [3.8, 4) is 0 Å². The Morgan fingerprint density at radius 3 is 2.13 bits per heavy atom. The third-order valence-corrected chi connectivity index (χ3v) is 3.92. The fourth-order valence-electron chi connectivity index (χ4n) is 2.13. The lowest BCUT2D eigenvalue weighted by Crippen LogP contribution is -2.27. The fourth-order valence-corrected chi connectivity index (χ4v) is 2.13. The molecule has 0 saturated heterocycles. The third-order valence-electron chi connectivity index (χ3n) is 3.92. The van der Waals surface area contributed by atoms with Crippen molar-refractivity contribution >= 4 is 5.78 Å².